The first-order valence-electron chi connectivity index (χ1n) is 9.13. The molecule has 0 aliphatic carbocycles. The second kappa shape index (κ2) is 8.56. The quantitative estimate of drug-likeness (QED) is 0.471. The molecule has 4 nitrogen and oxygen atoms in total. The van der Waals surface area contributed by atoms with E-state index in [9.17, 15) is 8.78 Å². The van der Waals surface area contributed by atoms with Crippen molar-refractivity contribution in [3.63, 3.8) is 0 Å². The third-order valence-corrected chi connectivity index (χ3v) is 5.73. The van der Waals surface area contributed by atoms with Gasteiger partial charge in [0, 0.05) is 43.7 Å². The molecule has 0 saturated carbocycles. The number of halogens is 2. The van der Waals surface area contributed by atoms with Crippen molar-refractivity contribution in [1.82, 2.24) is 9.97 Å². The lowest BCUT2D eigenvalue weighted by Gasteiger charge is -2.36. The van der Waals surface area contributed by atoms with Crippen molar-refractivity contribution in [2.75, 3.05) is 36.0 Å². The van der Waals surface area contributed by atoms with Gasteiger partial charge in [-0.2, -0.15) is 0 Å². The number of benzene rings is 2. The van der Waals surface area contributed by atoms with Gasteiger partial charge in [0.25, 0.3) is 0 Å². The largest absolute Gasteiger partial charge is 0.368 e. The second-order valence-corrected chi connectivity index (χ2v) is 7.54. The highest BCUT2D eigenvalue weighted by atomic mass is 32.2. The van der Waals surface area contributed by atoms with Crippen LogP contribution in [-0.4, -0.2) is 36.1 Å². The summed E-state index contributed by atoms with van der Waals surface area (Å²) in [7, 11) is 0. The first kappa shape index (κ1) is 18.7. The Labute approximate surface area is 167 Å². The summed E-state index contributed by atoms with van der Waals surface area (Å²) in [5, 5.41) is 0.828. The van der Waals surface area contributed by atoms with Gasteiger partial charge in [0.1, 0.15) is 28.8 Å². The summed E-state index contributed by atoms with van der Waals surface area (Å²) in [6.45, 7) is 3.33. The number of anilines is 2. The van der Waals surface area contributed by atoms with Crippen LogP contribution in [0.1, 0.15) is 5.56 Å². The highest BCUT2D eigenvalue weighted by Crippen LogP contribution is 2.25. The highest BCUT2D eigenvalue weighted by molar-refractivity contribution is 7.98. The van der Waals surface area contributed by atoms with Gasteiger partial charge in [-0.3, -0.25) is 0 Å². The van der Waals surface area contributed by atoms with Crippen LogP contribution in [0.2, 0.25) is 0 Å². The molecular weight excluding hydrogens is 378 g/mol. The van der Waals surface area contributed by atoms with Crippen molar-refractivity contribution in [2.45, 2.75) is 10.8 Å². The average molecular weight is 398 g/mol. The molecule has 7 heteroatoms. The molecule has 0 unspecified atom stereocenters. The standard InChI is InChI=1S/C21H20F2N4S/c22-17-5-7-18(8-6-17)26-9-11-27(12-10-26)20-13-21(25-15-24-20)28-14-16-3-1-2-4-19(16)23/h1-8,13,15H,9-12,14H2. The maximum absolute atomic E-state index is 13.8. The van der Waals surface area contributed by atoms with E-state index >= 15 is 0 Å². The zero-order chi connectivity index (χ0) is 19.3. The van der Waals surface area contributed by atoms with Crippen LogP contribution in [0.15, 0.2) is 66.0 Å². The van der Waals surface area contributed by atoms with Crippen LogP contribution in [-0.2, 0) is 5.75 Å². The molecule has 28 heavy (non-hydrogen) atoms. The Bertz CT molecular complexity index is 928. The Morgan fingerprint density at radius 1 is 0.857 bits per heavy atom. The third-order valence-electron chi connectivity index (χ3n) is 4.76. The summed E-state index contributed by atoms with van der Waals surface area (Å²) in [5.41, 5.74) is 1.70. The lowest BCUT2D eigenvalue weighted by atomic mass is 10.2. The van der Waals surface area contributed by atoms with Crippen LogP contribution in [0, 0.1) is 11.6 Å². The van der Waals surface area contributed by atoms with Gasteiger partial charge in [-0.05, 0) is 35.9 Å². The van der Waals surface area contributed by atoms with Gasteiger partial charge in [0.05, 0.1) is 0 Å². The Morgan fingerprint density at radius 2 is 1.57 bits per heavy atom. The molecular formula is C21H20F2N4S. The maximum atomic E-state index is 13.8. The van der Waals surface area contributed by atoms with Crippen LogP contribution in [0.4, 0.5) is 20.3 Å². The lowest BCUT2D eigenvalue weighted by Crippen LogP contribution is -2.46. The molecule has 0 amide bonds. The molecule has 0 N–H and O–H groups in total. The van der Waals surface area contributed by atoms with E-state index in [0.717, 1.165) is 42.7 Å². The molecule has 144 valence electrons. The van der Waals surface area contributed by atoms with E-state index in [4.69, 9.17) is 0 Å². The van der Waals surface area contributed by atoms with E-state index in [-0.39, 0.29) is 11.6 Å². The van der Waals surface area contributed by atoms with Crippen LogP contribution < -0.4 is 9.80 Å². The molecule has 2 aromatic carbocycles. The minimum absolute atomic E-state index is 0.193. The molecule has 1 aliphatic rings. The minimum Gasteiger partial charge on any atom is -0.368 e. The van der Waals surface area contributed by atoms with Gasteiger partial charge in [-0.15, -0.1) is 11.8 Å². The Balaban J connectivity index is 1.37. The number of rotatable bonds is 5. The summed E-state index contributed by atoms with van der Waals surface area (Å²) in [4.78, 5) is 13.2. The van der Waals surface area contributed by atoms with Gasteiger partial charge in [0.2, 0.25) is 0 Å². The Morgan fingerprint density at radius 3 is 2.32 bits per heavy atom. The number of thioether (sulfide) groups is 1. The summed E-state index contributed by atoms with van der Waals surface area (Å²) in [5.74, 6) is 0.997. The summed E-state index contributed by atoms with van der Waals surface area (Å²) >= 11 is 1.50. The first-order valence-corrected chi connectivity index (χ1v) is 10.1. The second-order valence-electron chi connectivity index (χ2n) is 6.55. The van der Waals surface area contributed by atoms with E-state index in [0.29, 0.717) is 11.3 Å². The predicted octanol–water partition coefficient (Wildman–Crippen LogP) is 4.37. The van der Waals surface area contributed by atoms with Crippen molar-refractivity contribution >= 4 is 23.3 Å². The zero-order valence-electron chi connectivity index (χ0n) is 15.3. The molecule has 3 aromatic rings. The lowest BCUT2D eigenvalue weighted by molar-refractivity contribution is 0.617. The summed E-state index contributed by atoms with van der Waals surface area (Å²) < 4.78 is 26.9. The molecule has 1 fully saturated rings. The van der Waals surface area contributed by atoms with Gasteiger partial charge in [-0.1, -0.05) is 18.2 Å². The zero-order valence-corrected chi connectivity index (χ0v) is 16.1. The van der Waals surface area contributed by atoms with E-state index < -0.39 is 0 Å². The van der Waals surface area contributed by atoms with Crippen LogP contribution in [0.5, 0.6) is 0 Å². The van der Waals surface area contributed by atoms with Crippen molar-refractivity contribution < 1.29 is 8.78 Å². The number of aromatic nitrogens is 2. The fourth-order valence-corrected chi connectivity index (χ4v) is 4.04. The first-order chi connectivity index (χ1) is 13.7. The molecule has 0 radical (unpaired) electrons. The number of hydrogen-bond donors (Lipinski definition) is 0. The SMILES string of the molecule is Fc1ccc(N2CCN(c3cc(SCc4ccccc4F)ncn3)CC2)cc1. The van der Waals surface area contributed by atoms with E-state index in [1.807, 2.05) is 24.3 Å². The van der Waals surface area contributed by atoms with Crippen LogP contribution >= 0.6 is 11.8 Å². The maximum Gasteiger partial charge on any atom is 0.133 e. The Hall–Kier alpha value is -2.67. The minimum atomic E-state index is -0.219. The predicted molar refractivity (Wildman–Crippen MR) is 109 cm³/mol. The third kappa shape index (κ3) is 4.42. The molecule has 0 spiro atoms. The van der Waals surface area contributed by atoms with Crippen molar-refractivity contribution in [3.8, 4) is 0 Å². The molecule has 1 aromatic heterocycles. The van der Waals surface area contributed by atoms with Gasteiger partial charge in [0.15, 0.2) is 0 Å². The smallest absolute Gasteiger partial charge is 0.133 e. The van der Waals surface area contributed by atoms with E-state index in [2.05, 4.69) is 19.8 Å². The van der Waals surface area contributed by atoms with Gasteiger partial charge < -0.3 is 9.80 Å². The molecule has 4 rings (SSSR count). The number of nitrogens with zero attached hydrogens (tertiary/aromatic N) is 4. The normalized spacial score (nSPS) is 14.4. The molecule has 0 atom stereocenters. The topological polar surface area (TPSA) is 32.3 Å². The molecule has 2 heterocycles. The highest BCUT2D eigenvalue weighted by Gasteiger charge is 2.19. The van der Waals surface area contributed by atoms with Crippen molar-refractivity contribution in [2.24, 2.45) is 0 Å². The number of hydrogen-bond acceptors (Lipinski definition) is 5. The van der Waals surface area contributed by atoms with Gasteiger partial charge in [-0.25, -0.2) is 18.7 Å². The monoisotopic (exact) mass is 398 g/mol. The van der Waals surface area contributed by atoms with Gasteiger partial charge >= 0.3 is 0 Å². The molecule has 1 aliphatic heterocycles. The molecule has 1 saturated heterocycles. The van der Waals surface area contributed by atoms with Crippen molar-refractivity contribution in [3.05, 3.63) is 78.1 Å². The van der Waals surface area contributed by atoms with Crippen LogP contribution in [0.25, 0.3) is 0 Å². The fourth-order valence-electron chi connectivity index (χ4n) is 3.19. The average Bonchev–Trinajstić information content (AvgIpc) is 2.74. The summed E-state index contributed by atoms with van der Waals surface area (Å²) in [6, 6.07) is 15.4. The fraction of sp³-hybridized carbons (Fsp3) is 0.238. The van der Waals surface area contributed by atoms with E-state index in [1.165, 1.54) is 30.0 Å². The Kier molecular flexibility index (Phi) is 5.71. The van der Waals surface area contributed by atoms with Crippen molar-refractivity contribution in [1.29, 1.82) is 0 Å². The van der Waals surface area contributed by atoms with E-state index in [1.54, 1.807) is 18.5 Å². The molecule has 0 bridgehead atoms. The van der Waals surface area contributed by atoms with Crippen LogP contribution in [0.3, 0.4) is 0 Å². The summed E-state index contributed by atoms with van der Waals surface area (Å²) in [6.07, 6.45) is 1.56. The number of piperazine rings is 1.